The van der Waals surface area contributed by atoms with Gasteiger partial charge in [0, 0.05) is 44.0 Å². The molecule has 21 heavy (non-hydrogen) atoms. The molecule has 0 aromatic carbocycles. The molecule has 4 nitrogen and oxygen atoms in total. The van der Waals surface area contributed by atoms with E-state index in [1.165, 1.54) is 24.1 Å². The average Bonchev–Trinajstić information content (AvgIpc) is 2.83. The summed E-state index contributed by atoms with van der Waals surface area (Å²) in [6.45, 7) is 3.62. The molecule has 5 heteroatoms. The molecule has 2 aliphatic rings. The van der Waals surface area contributed by atoms with Crippen molar-refractivity contribution in [1.29, 1.82) is 0 Å². The molecule has 2 fully saturated rings. The maximum atomic E-state index is 12.3. The monoisotopic (exact) mass is 308 g/mol. The van der Waals surface area contributed by atoms with E-state index in [4.69, 9.17) is 0 Å². The Labute approximate surface area is 130 Å². The van der Waals surface area contributed by atoms with E-state index in [2.05, 4.69) is 22.4 Å². The minimum absolute atomic E-state index is 0.233. The predicted octanol–water partition coefficient (Wildman–Crippen LogP) is 1.94. The molecule has 0 bridgehead atoms. The molecular weight excluding hydrogens is 284 g/mol. The van der Waals surface area contributed by atoms with Crippen molar-refractivity contribution < 1.29 is 9.90 Å². The molecule has 1 N–H and O–H groups in total. The summed E-state index contributed by atoms with van der Waals surface area (Å²) in [6.07, 6.45) is 3.92. The SMILES string of the molecule is O=C(CC1CCC1)N1CCN(Cc2cccs2)C[C@@H](O)C1. The van der Waals surface area contributed by atoms with Gasteiger partial charge in [-0.05, 0) is 30.2 Å². The van der Waals surface area contributed by atoms with Crippen LogP contribution in [-0.4, -0.2) is 53.1 Å². The maximum Gasteiger partial charge on any atom is 0.222 e. The smallest absolute Gasteiger partial charge is 0.222 e. The normalized spacial score (nSPS) is 24.6. The van der Waals surface area contributed by atoms with E-state index in [9.17, 15) is 9.90 Å². The van der Waals surface area contributed by atoms with E-state index in [1.807, 2.05) is 4.90 Å². The lowest BCUT2D eigenvalue weighted by atomic mass is 9.82. The summed E-state index contributed by atoms with van der Waals surface area (Å²) in [4.78, 5) is 17.8. The number of aliphatic hydroxyl groups is 1. The molecule has 0 spiro atoms. The van der Waals surface area contributed by atoms with E-state index in [1.54, 1.807) is 11.3 Å². The number of carbonyl (C=O) groups excluding carboxylic acids is 1. The summed E-state index contributed by atoms with van der Waals surface area (Å²) in [5.41, 5.74) is 0. The molecule has 1 aliphatic carbocycles. The Hall–Kier alpha value is -0.910. The van der Waals surface area contributed by atoms with E-state index in [0.29, 0.717) is 25.4 Å². The van der Waals surface area contributed by atoms with Crippen LogP contribution in [-0.2, 0) is 11.3 Å². The second-order valence-electron chi connectivity index (χ2n) is 6.31. The van der Waals surface area contributed by atoms with E-state index in [-0.39, 0.29) is 5.91 Å². The van der Waals surface area contributed by atoms with Crippen LogP contribution in [0.15, 0.2) is 17.5 Å². The van der Waals surface area contributed by atoms with Gasteiger partial charge in [-0.3, -0.25) is 9.69 Å². The Morgan fingerprint density at radius 1 is 1.33 bits per heavy atom. The van der Waals surface area contributed by atoms with Gasteiger partial charge in [0.1, 0.15) is 0 Å². The number of nitrogens with zero attached hydrogens (tertiary/aromatic N) is 2. The quantitative estimate of drug-likeness (QED) is 0.924. The minimum Gasteiger partial charge on any atom is -0.390 e. The van der Waals surface area contributed by atoms with Gasteiger partial charge in [-0.2, -0.15) is 0 Å². The van der Waals surface area contributed by atoms with Gasteiger partial charge in [-0.1, -0.05) is 12.5 Å². The number of amides is 1. The van der Waals surface area contributed by atoms with Crippen LogP contribution in [0, 0.1) is 5.92 Å². The molecular formula is C16H24N2O2S. The van der Waals surface area contributed by atoms with Crippen molar-refractivity contribution in [2.45, 2.75) is 38.3 Å². The number of aliphatic hydroxyl groups excluding tert-OH is 1. The minimum atomic E-state index is -0.433. The van der Waals surface area contributed by atoms with E-state index < -0.39 is 6.10 Å². The van der Waals surface area contributed by atoms with Gasteiger partial charge in [-0.15, -0.1) is 11.3 Å². The number of hydrogen-bond acceptors (Lipinski definition) is 4. The predicted molar refractivity (Wildman–Crippen MR) is 84.1 cm³/mol. The van der Waals surface area contributed by atoms with Crippen LogP contribution in [0.4, 0.5) is 0 Å². The first-order valence-corrected chi connectivity index (χ1v) is 8.79. The number of rotatable bonds is 4. The third kappa shape index (κ3) is 4.05. The summed E-state index contributed by atoms with van der Waals surface area (Å²) >= 11 is 1.75. The fourth-order valence-electron chi connectivity index (χ4n) is 3.12. The van der Waals surface area contributed by atoms with Crippen molar-refractivity contribution in [2.75, 3.05) is 26.2 Å². The van der Waals surface area contributed by atoms with E-state index >= 15 is 0 Å². The lowest BCUT2D eigenvalue weighted by Gasteiger charge is -2.28. The van der Waals surface area contributed by atoms with Gasteiger partial charge in [0.15, 0.2) is 0 Å². The van der Waals surface area contributed by atoms with Crippen LogP contribution >= 0.6 is 11.3 Å². The highest BCUT2D eigenvalue weighted by molar-refractivity contribution is 7.09. The molecule has 1 saturated heterocycles. The maximum absolute atomic E-state index is 12.3. The fraction of sp³-hybridized carbons (Fsp3) is 0.688. The van der Waals surface area contributed by atoms with Crippen molar-refractivity contribution in [2.24, 2.45) is 5.92 Å². The van der Waals surface area contributed by atoms with Crippen LogP contribution in [0.5, 0.6) is 0 Å². The van der Waals surface area contributed by atoms with Crippen molar-refractivity contribution in [1.82, 2.24) is 9.80 Å². The number of carbonyl (C=O) groups is 1. The van der Waals surface area contributed by atoms with Crippen molar-refractivity contribution in [3.8, 4) is 0 Å². The third-order valence-electron chi connectivity index (χ3n) is 4.59. The number of hydrogen-bond donors (Lipinski definition) is 1. The molecule has 1 atom stereocenters. The van der Waals surface area contributed by atoms with Crippen LogP contribution < -0.4 is 0 Å². The molecule has 1 amide bonds. The Balaban J connectivity index is 1.53. The zero-order chi connectivity index (χ0) is 14.7. The highest BCUT2D eigenvalue weighted by atomic mass is 32.1. The molecule has 0 radical (unpaired) electrons. The number of thiophene rings is 1. The Kier molecular flexibility index (Phi) is 4.93. The van der Waals surface area contributed by atoms with Crippen molar-refractivity contribution >= 4 is 17.2 Å². The Morgan fingerprint density at radius 2 is 2.19 bits per heavy atom. The van der Waals surface area contributed by atoms with E-state index in [0.717, 1.165) is 19.6 Å². The zero-order valence-corrected chi connectivity index (χ0v) is 13.2. The van der Waals surface area contributed by atoms with Gasteiger partial charge in [0.25, 0.3) is 0 Å². The molecule has 2 heterocycles. The van der Waals surface area contributed by atoms with Crippen LogP contribution in [0.25, 0.3) is 0 Å². The lowest BCUT2D eigenvalue weighted by molar-refractivity contribution is -0.133. The Morgan fingerprint density at radius 3 is 2.86 bits per heavy atom. The topological polar surface area (TPSA) is 43.8 Å². The van der Waals surface area contributed by atoms with Crippen LogP contribution in [0.2, 0.25) is 0 Å². The summed E-state index contributed by atoms with van der Waals surface area (Å²) in [6, 6.07) is 4.18. The first-order valence-electron chi connectivity index (χ1n) is 7.91. The Bertz CT molecular complexity index is 459. The molecule has 1 saturated carbocycles. The summed E-state index contributed by atoms with van der Waals surface area (Å²) in [7, 11) is 0. The highest BCUT2D eigenvalue weighted by Gasteiger charge is 2.27. The zero-order valence-electron chi connectivity index (χ0n) is 12.4. The van der Waals surface area contributed by atoms with Gasteiger partial charge in [0.05, 0.1) is 6.10 Å². The summed E-state index contributed by atoms with van der Waals surface area (Å²) in [5, 5.41) is 12.3. The molecule has 3 rings (SSSR count). The first kappa shape index (κ1) is 15.0. The molecule has 1 aromatic heterocycles. The first-order chi connectivity index (χ1) is 10.2. The van der Waals surface area contributed by atoms with Crippen LogP contribution in [0.1, 0.15) is 30.6 Å². The second kappa shape index (κ2) is 6.90. The van der Waals surface area contributed by atoms with Crippen LogP contribution in [0.3, 0.4) is 0 Å². The average molecular weight is 308 g/mol. The largest absolute Gasteiger partial charge is 0.390 e. The lowest BCUT2D eigenvalue weighted by Crippen LogP contribution is -2.39. The van der Waals surface area contributed by atoms with Gasteiger partial charge >= 0.3 is 0 Å². The highest BCUT2D eigenvalue weighted by Crippen LogP contribution is 2.30. The van der Waals surface area contributed by atoms with Crippen molar-refractivity contribution in [3.05, 3.63) is 22.4 Å². The second-order valence-corrected chi connectivity index (χ2v) is 7.34. The molecule has 116 valence electrons. The molecule has 1 aromatic rings. The summed E-state index contributed by atoms with van der Waals surface area (Å²) in [5.74, 6) is 0.830. The third-order valence-corrected chi connectivity index (χ3v) is 5.45. The fourth-order valence-corrected chi connectivity index (χ4v) is 3.87. The van der Waals surface area contributed by atoms with Crippen molar-refractivity contribution in [3.63, 3.8) is 0 Å². The standard InChI is InChI=1S/C16H24N2O2S/c19-14-10-17(12-15-5-2-8-21-15)6-7-18(11-14)16(20)9-13-3-1-4-13/h2,5,8,13-14,19H,1,3-4,6-7,9-12H2/t14-/m1/s1. The van der Waals surface area contributed by atoms with Gasteiger partial charge in [0.2, 0.25) is 5.91 Å². The van der Waals surface area contributed by atoms with Gasteiger partial charge < -0.3 is 10.0 Å². The summed E-state index contributed by atoms with van der Waals surface area (Å²) < 4.78 is 0. The van der Waals surface area contributed by atoms with Gasteiger partial charge in [-0.25, -0.2) is 0 Å². The molecule has 0 unspecified atom stereocenters. The molecule has 1 aliphatic heterocycles. The number of β-amino-alcohol motifs (C(OH)–C–C–N with tert-alkyl or cyclic N) is 1.